The highest BCUT2D eigenvalue weighted by Crippen LogP contribution is 2.28. The maximum atomic E-state index is 11.9. The quantitative estimate of drug-likeness (QED) is 0.227. The van der Waals surface area contributed by atoms with Crippen molar-refractivity contribution in [2.75, 3.05) is 6.61 Å². The van der Waals surface area contributed by atoms with Crippen molar-refractivity contribution in [3.05, 3.63) is 0 Å². The van der Waals surface area contributed by atoms with Crippen LogP contribution in [0.5, 0.6) is 0 Å². The summed E-state index contributed by atoms with van der Waals surface area (Å²) in [7, 11) is -2.13. The zero-order chi connectivity index (χ0) is 18.3. The maximum Gasteiger partial charge on any atom is 0.452 e. The topological polar surface area (TPSA) is 77.3 Å². The van der Waals surface area contributed by atoms with Gasteiger partial charge in [0.1, 0.15) is 0 Å². The molecular formula is C17H34N2O4Si. The van der Waals surface area contributed by atoms with Crippen molar-refractivity contribution in [3.63, 3.8) is 0 Å². The Balaban J connectivity index is 4.41. The molecule has 140 valence electrons. The number of ether oxygens (including phenoxy) is 1. The van der Waals surface area contributed by atoms with Crippen molar-refractivity contribution in [2.45, 2.75) is 90.8 Å². The van der Waals surface area contributed by atoms with Crippen LogP contribution in [0.15, 0.2) is 10.2 Å². The molecule has 0 heterocycles. The molecule has 0 N–H and O–H groups in total. The highest BCUT2D eigenvalue weighted by atomic mass is 28.4. The lowest BCUT2D eigenvalue weighted by Crippen LogP contribution is -2.39. The monoisotopic (exact) mass is 358 g/mol. The van der Waals surface area contributed by atoms with E-state index in [1.165, 1.54) is 0 Å². The fourth-order valence-electron chi connectivity index (χ4n) is 2.90. The van der Waals surface area contributed by atoms with Gasteiger partial charge >= 0.3 is 12.2 Å². The van der Waals surface area contributed by atoms with Crippen molar-refractivity contribution in [1.29, 1.82) is 0 Å². The van der Waals surface area contributed by atoms with Gasteiger partial charge in [0.15, 0.2) is 0 Å². The highest BCUT2D eigenvalue weighted by Gasteiger charge is 2.36. The Hall–Kier alpha value is -1.24. The summed E-state index contributed by atoms with van der Waals surface area (Å²) >= 11 is 0. The van der Waals surface area contributed by atoms with Crippen LogP contribution in [-0.2, 0) is 9.16 Å². The van der Waals surface area contributed by atoms with Gasteiger partial charge < -0.3 is 9.16 Å². The number of nitrogens with zero attached hydrogens (tertiary/aromatic N) is 2. The minimum absolute atomic E-state index is 0.313. The van der Waals surface area contributed by atoms with Crippen LogP contribution in [0.3, 0.4) is 0 Å². The van der Waals surface area contributed by atoms with Gasteiger partial charge in [0.25, 0.3) is 8.32 Å². The fourth-order valence-corrected chi connectivity index (χ4v) is 7.10. The van der Waals surface area contributed by atoms with Crippen molar-refractivity contribution in [3.8, 4) is 0 Å². The van der Waals surface area contributed by atoms with Gasteiger partial charge in [-0.05, 0) is 24.6 Å². The van der Waals surface area contributed by atoms with Crippen LogP contribution in [-0.4, -0.2) is 27.1 Å². The van der Waals surface area contributed by atoms with E-state index in [-0.39, 0.29) is 0 Å². The lowest BCUT2D eigenvalue weighted by Gasteiger charge is -2.29. The predicted molar refractivity (Wildman–Crippen MR) is 97.9 cm³/mol. The number of carbonyl (C=O) groups is 2. The number of hydrogen-bond donors (Lipinski definition) is 0. The van der Waals surface area contributed by atoms with Crippen LogP contribution < -0.4 is 0 Å². The predicted octanol–water partition coefficient (Wildman–Crippen LogP) is 6.47. The van der Waals surface area contributed by atoms with E-state index in [0.29, 0.717) is 6.61 Å². The van der Waals surface area contributed by atoms with Crippen LogP contribution in [0.2, 0.25) is 18.1 Å². The third-order valence-electron chi connectivity index (χ3n) is 3.86. The minimum Gasteiger partial charge on any atom is -0.501 e. The summed E-state index contributed by atoms with van der Waals surface area (Å²) < 4.78 is 10.6. The molecule has 0 saturated carbocycles. The third kappa shape index (κ3) is 10.5. The molecule has 0 aromatic rings. The summed E-state index contributed by atoms with van der Waals surface area (Å²) in [5.41, 5.74) is 0. The molecule has 2 amide bonds. The molecule has 0 aliphatic rings. The smallest absolute Gasteiger partial charge is 0.452 e. The van der Waals surface area contributed by atoms with Gasteiger partial charge in [0.2, 0.25) is 0 Å². The Morgan fingerprint density at radius 1 is 0.750 bits per heavy atom. The lowest BCUT2D eigenvalue weighted by molar-refractivity contribution is 0.151. The van der Waals surface area contributed by atoms with E-state index in [0.717, 1.165) is 63.1 Å². The number of amides is 2. The molecule has 0 aromatic heterocycles. The Kier molecular flexibility index (Phi) is 13.4. The molecule has 0 spiro atoms. The molecule has 0 atom stereocenters. The van der Waals surface area contributed by atoms with Crippen molar-refractivity contribution in [1.82, 2.24) is 0 Å². The van der Waals surface area contributed by atoms with Crippen LogP contribution in [0, 0.1) is 0 Å². The van der Waals surface area contributed by atoms with Crippen molar-refractivity contribution < 1.29 is 18.8 Å². The van der Waals surface area contributed by atoms with E-state index < -0.39 is 20.5 Å². The standard InChI is InChI=1S/C17H34N2O4Si/c1-5-9-10-11-12-22-16(20)18-19-17(21)23-24(13-6-2,14-7-3)15-8-4/h5-15H2,1-4H3. The van der Waals surface area contributed by atoms with Gasteiger partial charge in [-0.2, -0.15) is 0 Å². The summed E-state index contributed by atoms with van der Waals surface area (Å²) in [5.74, 6) is 0. The number of carbonyl (C=O) groups excluding carboxylic acids is 2. The van der Waals surface area contributed by atoms with Crippen LogP contribution in [0.4, 0.5) is 9.59 Å². The number of rotatable bonds is 12. The minimum atomic E-state index is -2.13. The highest BCUT2D eigenvalue weighted by molar-refractivity contribution is 6.75. The average molecular weight is 359 g/mol. The zero-order valence-electron chi connectivity index (χ0n) is 15.8. The average Bonchev–Trinajstić information content (AvgIpc) is 2.53. The first kappa shape index (κ1) is 22.8. The SMILES string of the molecule is CCCCCCOC(=O)N=NC(=O)O[Si](CCC)(CCC)CCC. The van der Waals surface area contributed by atoms with Crippen molar-refractivity contribution >= 4 is 20.5 Å². The lowest BCUT2D eigenvalue weighted by atomic mass is 10.2. The summed E-state index contributed by atoms with van der Waals surface area (Å²) in [5, 5.41) is 6.71. The molecule has 0 aliphatic heterocycles. The van der Waals surface area contributed by atoms with Crippen LogP contribution in [0.25, 0.3) is 0 Å². The summed E-state index contributed by atoms with van der Waals surface area (Å²) in [6.07, 6.45) is 5.44. The van der Waals surface area contributed by atoms with E-state index in [1.807, 2.05) is 0 Å². The molecule has 0 aliphatic carbocycles. The second-order valence-corrected chi connectivity index (χ2v) is 10.2. The Bertz CT molecular complexity index is 372. The van der Waals surface area contributed by atoms with Gasteiger partial charge in [0.05, 0.1) is 6.61 Å². The number of hydrogen-bond acceptors (Lipinski definition) is 4. The van der Waals surface area contributed by atoms with E-state index >= 15 is 0 Å². The molecule has 6 nitrogen and oxygen atoms in total. The van der Waals surface area contributed by atoms with Gasteiger partial charge in [-0.25, -0.2) is 9.59 Å². The van der Waals surface area contributed by atoms with Gasteiger partial charge in [-0.15, -0.1) is 0 Å². The van der Waals surface area contributed by atoms with E-state index in [2.05, 4.69) is 37.9 Å². The normalized spacial score (nSPS) is 11.7. The van der Waals surface area contributed by atoms with Gasteiger partial charge in [0, 0.05) is 0 Å². The zero-order valence-corrected chi connectivity index (χ0v) is 16.8. The fraction of sp³-hybridized carbons (Fsp3) is 0.882. The Morgan fingerprint density at radius 3 is 1.79 bits per heavy atom. The third-order valence-corrected chi connectivity index (χ3v) is 8.70. The van der Waals surface area contributed by atoms with Crippen molar-refractivity contribution in [2.24, 2.45) is 10.2 Å². The maximum absolute atomic E-state index is 11.9. The van der Waals surface area contributed by atoms with Crippen LogP contribution in [0.1, 0.15) is 72.6 Å². The Morgan fingerprint density at radius 2 is 1.29 bits per heavy atom. The Labute approximate surface area is 147 Å². The van der Waals surface area contributed by atoms with E-state index in [1.54, 1.807) is 0 Å². The second-order valence-electron chi connectivity index (χ2n) is 6.18. The summed E-state index contributed by atoms with van der Waals surface area (Å²) in [4.78, 5) is 23.4. The number of unbranched alkanes of at least 4 members (excludes halogenated alkanes) is 3. The molecule has 0 rings (SSSR count). The first-order valence-electron chi connectivity index (χ1n) is 9.35. The summed E-state index contributed by atoms with van der Waals surface area (Å²) in [6, 6.07) is 2.79. The van der Waals surface area contributed by atoms with Gasteiger partial charge in [-0.3, -0.25) is 0 Å². The molecule has 7 heteroatoms. The van der Waals surface area contributed by atoms with Crippen LogP contribution >= 0.6 is 0 Å². The molecule has 0 bridgehead atoms. The molecular weight excluding hydrogens is 324 g/mol. The molecule has 0 aromatic carbocycles. The first-order chi connectivity index (χ1) is 11.5. The largest absolute Gasteiger partial charge is 0.501 e. The summed E-state index contributed by atoms with van der Waals surface area (Å²) in [6.45, 7) is 8.72. The molecule has 0 radical (unpaired) electrons. The molecule has 0 saturated heterocycles. The van der Waals surface area contributed by atoms with E-state index in [9.17, 15) is 9.59 Å². The first-order valence-corrected chi connectivity index (χ1v) is 11.9. The molecule has 24 heavy (non-hydrogen) atoms. The van der Waals surface area contributed by atoms with Gasteiger partial charge in [-0.1, -0.05) is 76.4 Å². The molecule has 0 unspecified atom stereocenters. The van der Waals surface area contributed by atoms with E-state index in [4.69, 9.17) is 9.16 Å². The molecule has 0 fully saturated rings. The number of azo groups is 1. The second kappa shape index (κ2) is 14.1.